The predicted molar refractivity (Wildman–Crippen MR) is 73.7 cm³/mol. The van der Waals surface area contributed by atoms with Crippen LogP contribution in [0.15, 0.2) is 42.5 Å². The summed E-state index contributed by atoms with van der Waals surface area (Å²) in [6.45, 7) is 2.10. The Morgan fingerprint density at radius 1 is 1.10 bits per heavy atom. The molecule has 0 aromatic heterocycles. The molecule has 0 saturated carbocycles. The van der Waals surface area contributed by atoms with Gasteiger partial charge in [-0.25, -0.2) is 8.78 Å². The van der Waals surface area contributed by atoms with Gasteiger partial charge in [-0.15, -0.1) is 0 Å². The third-order valence-electron chi connectivity index (χ3n) is 3.90. The first-order valence-electron chi connectivity index (χ1n) is 6.84. The third-order valence-corrected chi connectivity index (χ3v) is 3.90. The monoisotopic (exact) mass is 274 g/mol. The molecule has 1 aliphatic carbocycles. The van der Waals surface area contributed by atoms with Crippen molar-refractivity contribution in [2.45, 2.75) is 25.9 Å². The van der Waals surface area contributed by atoms with Gasteiger partial charge in [0, 0.05) is 6.07 Å². The van der Waals surface area contributed by atoms with Crippen molar-refractivity contribution >= 4 is 0 Å². The summed E-state index contributed by atoms with van der Waals surface area (Å²) in [5, 5.41) is 0. The van der Waals surface area contributed by atoms with Gasteiger partial charge in [-0.05, 0) is 42.0 Å². The van der Waals surface area contributed by atoms with Crippen LogP contribution < -0.4 is 4.74 Å². The molecule has 1 nitrogen and oxygen atoms in total. The van der Waals surface area contributed by atoms with Crippen molar-refractivity contribution in [1.29, 1.82) is 0 Å². The van der Waals surface area contributed by atoms with Crippen molar-refractivity contribution in [3.8, 4) is 5.75 Å². The van der Waals surface area contributed by atoms with Gasteiger partial charge >= 0.3 is 0 Å². The Labute approximate surface area is 117 Å². The van der Waals surface area contributed by atoms with Crippen LogP contribution in [0.5, 0.6) is 5.75 Å². The lowest BCUT2D eigenvalue weighted by molar-refractivity contribution is 0.123. The predicted octanol–water partition coefficient (Wildman–Crippen LogP) is 4.67. The molecule has 1 aliphatic rings. The standard InChI is InChI=1S/C17H16F2O/c1-11-6-7-12-4-2-3-5-14(12)17(11)20-16-9-8-13(18)10-15(16)19/h2-5,8-11,17H,6-7H2,1H3/t11?,17-/m1/s1. The van der Waals surface area contributed by atoms with Crippen LogP contribution in [-0.2, 0) is 6.42 Å². The summed E-state index contributed by atoms with van der Waals surface area (Å²) in [4.78, 5) is 0. The van der Waals surface area contributed by atoms with E-state index in [9.17, 15) is 8.78 Å². The average Bonchev–Trinajstić information content (AvgIpc) is 2.44. The van der Waals surface area contributed by atoms with Gasteiger partial charge < -0.3 is 4.74 Å². The van der Waals surface area contributed by atoms with Gasteiger partial charge in [-0.1, -0.05) is 31.2 Å². The normalized spacial score (nSPS) is 21.4. The van der Waals surface area contributed by atoms with E-state index in [0.717, 1.165) is 24.5 Å². The van der Waals surface area contributed by atoms with E-state index in [1.807, 2.05) is 18.2 Å². The zero-order valence-corrected chi connectivity index (χ0v) is 11.3. The zero-order valence-electron chi connectivity index (χ0n) is 11.3. The van der Waals surface area contributed by atoms with Gasteiger partial charge in [0.1, 0.15) is 11.9 Å². The molecule has 0 bridgehead atoms. The number of ether oxygens (including phenoxy) is 1. The zero-order chi connectivity index (χ0) is 14.1. The van der Waals surface area contributed by atoms with E-state index in [1.54, 1.807) is 0 Å². The van der Waals surface area contributed by atoms with E-state index in [0.29, 0.717) is 5.92 Å². The van der Waals surface area contributed by atoms with Crippen LogP contribution in [0.1, 0.15) is 30.6 Å². The Bertz CT molecular complexity index is 624. The Hall–Kier alpha value is -1.90. The summed E-state index contributed by atoms with van der Waals surface area (Å²) < 4.78 is 32.5. The molecule has 2 atom stereocenters. The Kier molecular flexibility index (Phi) is 3.43. The maximum atomic E-state index is 13.7. The van der Waals surface area contributed by atoms with E-state index in [-0.39, 0.29) is 11.9 Å². The van der Waals surface area contributed by atoms with Gasteiger partial charge in [-0.2, -0.15) is 0 Å². The van der Waals surface area contributed by atoms with Crippen LogP contribution in [0, 0.1) is 17.6 Å². The fourth-order valence-electron chi connectivity index (χ4n) is 2.77. The summed E-state index contributed by atoms with van der Waals surface area (Å²) in [5.41, 5.74) is 2.35. The van der Waals surface area contributed by atoms with E-state index < -0.39 is 11.6 Å². The van der Waals surface area contributed by atoms with Gasteiger partial charge in [0.25, 0.3) is 0 Å². The molecule has 0 aliphatic heterocycles. The minimum absolute atomic E-state index is 0.111. The van der Waals surface area contributed by atoms with Crippen molar-refractivity contribution in [3.05, 3.63) is 65.2 Å². The third kappa shape index (κ3) is 2.40. The summed E-state index contributed by atoms with van der Waals surface area (Å²) in [6.07, 6.45) is 1.84. The van der Waals surface area contributed by atoms with E-state index in [4.69, 9.17) is 4.74 Å². The van der Waals surface area contributed by atoms with Crippen molar-refractivity contribution in [3.63, 3.8) is 0 Å². The molecule has 0 fully saturated rings. The number of benzene rings is 2. The molecular formula is C17H16F2O. The molecular weight excluding hydrogens is 258 g/mol. The van der Waals surface area contributed by atoms with Crippen LogP contribution in [-0.4, -0.2) is 0 Å². The first-order chi connectivity index (χ1) is 9.65. The first kappa shape index (κ1) is 13.1. The maximum Gasteiger partial charge on any atom is 0.168 e. The topological polar surface area (TPSA) is 9.23 Å². The van der Waals surface area contributed by atoms with Crippen LogP contribution in [0.4, 0.5) is 8.78 Å². The van der Waals surface area contributed by atoms with Crippen LogP contribution in [0.2, 0.25) is 0 Å². The van der Waals surface area contributed by atoms with Gasteiger partial charge in [0.2, 0.25) is 0 Å². The Balaban J connectivity index is 1.93. The van der Waals surface area contributed by atoms with Crippen molar-refractivity contribution in [2.24, 2.45) is 5.92 Å². The summed E-state index contributed by atoms with van der Waals surface area (Å²) in [5.74, 6) is -0.832. The number of fused-ring (bicyclic) bond motifs is 1. The second-order valence-corrected chi connectivity index (χ2v) is 5.33. The van der Waals surface area contributed by atoms with Crippen molar-refractivity contribution in [1.82, 2.24) is 0 Å². The molecule has 20 heavy (non-hydrogen) atoms. The lowest BCUT2D eigenvalue weighted by Gasteiger charge is -2.31. The molecule has 0 heterocycles. The number of hydrogen-bond acceptors (Lipinski definition) is 1. The smallest absolute Gasteiger partial charge is 0.168 e. The molecule has 0 radical (unpaired) electrons. The Morgan fingerprint density at radius 3 is 2.70 bits per heavy atom. The SMILES string of the molecule is CC1CCc2ccccc2[C@@H]1Oc1ccc(F)cc1F. The molecule has 2 aromatic carbocycles. The first-order valence-corrected chi connectivity index (χ1v) is 6.84. The van der Waals surface area contributed by atoms with E-state index >= 15 is 0 Å². The number of rotatable bonds is 2. The molecule has 0 spiro atoms. The molecule has 1 unspecified atom stereocenters. The molecule has 0 amide bonds. The molecule has 0 N–H and O–H groups in total. The minimum Gasteiger partial charge on any atom is -0.482 e. The fourth-order valence-corrected chi connectivity index (χ4v) is 2.77. The Morgan fingerprint density at radius 2 is 1.90 bits per heavy atom. The summed E-state index contributed by atoms with van der Waals surface area (Å²) in [6, 6.07) is 11.5. The highest BCUT2D eigenvalue weighted by molar-refractivity contribution is 5.34. The summed E-state index contributed by atoms with van der Waals surface area (Å²) in [7, 11) is 0. The lowest BCUT2D eigenvalue weighted by atomic mass is 9.82. The van der Waals surface area contributed by atoms with Gasteiger partial charge in [-0.3, -0.25) is 0 Å². The molecule has 3 heteroatoms. The van der Waals surface area contributed by atoms with Crippen molar-refractivity contribution in [2.75, 3.05) is 0 Å². The largest absolute Gasteiger partial charge is 0.482 e. The molecule has 104 valence electrons. The minimum atomic E-state index is -0.653. The molecule has 3 rings (SSSR count). The fraction of sp³-hybridized carbons (Fsp3) is 0.294. The highest BCUT2D eigenvalue weighted by Crippen LogP contribution is 2.38. The molecule has 0 saturated heterocycles. The van der Waals surface area contributed by atoms with Crippen LogP contribution in [0.25, 0.3) is 0 Å². The van der Waals surface area contributed by atoms with Crippen LogP contribution in [0.3, 0.4) is 0 Å². The average molecular weight is 274 g/mol. The van der Waals surface area contributed by atoms with E-state index in [2.05, 4.69) is 13.0 Å². The number of hydrogen-bond donors (Lipinski definition) is 0. The lowest BCUT2D eigenvalue weighted by Crippen LogP contribution is -2.23. The second kappa shape index (κ2) is 5.23. The maximum absolute atomic E-state index is 13.7. The highest BCUT2D eigenvalue weighted by Gasteiger charge is 2.28. The number of halogens is 2. The van der Waals surface area contributed by atoms with Crippen molar-refractivity contribution < 1.29 is 13.5 Å². The molecule has 2 aromatic rings. The van der Waals surface area contributed by atoms with E-state index in [1.165, 1.54) is 17.7 Å². The van der Waals surface area contributed by atoms with Crippen LogP contribution >= 0.6 is 0 Å². The summed E-state index contributed by atoms with van der Waals surface area (Å²) >= 11 is 0. The second-order valence-electron chi connectivity index (χ2n) is 5.33. The highest BCUT2D eigenvalue weighted by atomic mass is 19.1. The quantitative estimate of drug-likeness (QED) is 0.773. The van der Waals surface area contributed by atoms with Gasteiger partial charge in [0.05, 0.1) is 0 Å². The van der Waals surface area contributed by atoms with Gasteiger partial charge in [0.15, 0.2) is 11.6 Å². The number of aryl methyl sites for hydroxylation is 1.